The molecule has 0 N–H and O–H groups in total. The van der Waals surface area contributed by atoms with E-state index in [9.17, 15) is 0 Å². The van der Waals surface area contributed by atoms with Crippen molar-refractivity contribution < 1.29 is 0 Å². The predicted octanol–water partition coefficient (Wildman–Crippen LogP) is 7.08. The monoisotopic (exact) mass is 421 g/mol. The van der Waals surface area contributed by atoms with E-state index in [4.69, 9.17) is 5.26 Å². The molecule has 4 fully saturated rings. The van der Waals surface area contributed by atoms with Crippen molar-refractivity contribution in [3.05, 3.63) is 18.0 Å². The summed E-state index contributed by atoms with van der Waals surface area (Å²) in [5, 5.41) is 13.6. The van der Waals surface area contributed by atoms with Crippen LogP contribution in [0.3, 0.4) is 0 Å². The lowest BCUT2D eigenvalue weighted by atomic mass is 9.38. The first-order chi connectivity index (χ1) is 14.7. The van der Waals surface area contributed by atoms with Crippen LogP contribution < -0.4 is 0 Å². The van der Waals surface area contributed by atoms with Gasteiger partial charge in [0, 0.05) is 12.7 Å². The molecule has 170 valence electrons. The lowest BCUT2D eigenvalue weighted by molar-refractivity contribution is -0.180. The first-order valence-electron chi connectivity index (χ1n) is 13.1. The summed E-state index contributed by atoms with van der Waals surface area (Å²) in [5.74, 6) is 5.14. The summed E-state index contributed by atoms with van der Waals surface area (Å²) in [7, 11) is 0. The van der Waals surface area contributed by atoms with E-state index in [1.807, 2.05) is 10.9 Å². The Labute approximate surface area is 190 Å². The topological polar surface area (TPSA) is 41.6 Å². The largest absolute Gasteiger partial charge is 0.271 e. The fourth-order valence-corrected chi connectivity index (χ4v) is 9.77. The molecule has 0 unspecified atom stereocenters. The zero-order chi connectivity index (χ0) is 22.0. The van der Waals surface area contributed by atoms with E-state index in [1.165, 1.54) is 57.8 Å². The minimum Gasteiger partial charge on any atom is -0.271 e. The highest BCUT2D eigenvalue weighted by molar-refractivity contribution is 5.21. The van der Waals surface area contributed by atoms with Crippen LogP contribution in [-0.4, -0.2) is 9.78 Å². The molecule has 1 aromatic rings. The van der Waals surface area contributed by atoms with E-state index in [0.29, 0.717) is 27.7 Å². The number of nitriles is 1. The summed E-state index contributed by atoms with van der Waals surface area (Å²) in [6.45, 7) is 14.0. The minimum absolute atomic E-state index is 0.486. The molecule has 4 saturated carbocycles. The second kappa shape index (κ2) is 7.36. The van der Waals surface area contributed by atoms with Crippen molar-refractivity contribution in [2.24, 2.45) is 51.8 Å². The first kappa shape index (κ1) is 21.5. The molecule has 0 aromatic carbocycles. The van der Waals surface area contributed by atoms with Gasteiger partial charge in [-0.15, -0.1) is 0 Å². The molecule has 3 nitrogen and oxygen atoms in total. The van der Waals surface area contributed by atoms with Gasteiger partial charge in [-0.3, -0.25) is 4.68 Å². The molecule has 0 saturated heterocycles. The van der Waals surface area contributed by atoms with Crippen LogP contribution in [0.1, 0.15) is 98.0 Å². The van der Waals surface area contributed by atoms with Crippen molar-refractivity contribution in [1.29, 1.82) is 5.26 Å². The normalized spacial score (nSPS) is 47.7. The highest BCUT2D eigenvalue weighted by atomic mass is 15.3. The summed E-state index contributed by atoms with van der Waals surface area (Å²) in [6, 6.07) is 2.22. The third kappa shape index (κ3) is 3.07. The van der Waals surface area contributed by atoms with Gasteiger partial charge in [-0.1, -0.05) is 41.0 Å². The Kier molecular flexibility index (Phi) is 5.11. The predicted molar refractivity (Wildman–Crippen MR) is 125 cm³/mol. The molecular formula is C28H43N3. The van der Waals surface area contributed by atoms with Crippen LogP contribution in [0, 0.1) is 63.1 Å². The molecule has 1 aromatic heterocycles. The Morgan fingerprint density at radius 2 is 1.84 bits per heavy atom. The Morgan fingerprint density at radius 1 is 1.06 bits per heavy atom. The SMILES string of the molecule is C[C@H]1CC[C@@]2(C)[C@H](CC[C@H]3[C@@H]4CC[C@H]([C@@H](C)Cn5cc(C#N)cn5)[C@@]4(C)CC[C@@]32C)C1. The highest BCUT2D eigenvalue weighted by Gasteiger charge is 2.65. The third-order valence-electron chi connectivity index (χ3n) is 11.8. The quantitative estimate of drug-likeness (QED) is 0.523. The second-order valence-corrected chi connectivity index (χ2v) is 12.9. The molecule has 31 heavy (non-hydrogen) atoms. The zero-order valence-corrected chi connectivity index (χ0v) is 20.5. The molecule has 3 heteroatoms. The molecular weight excluding hydrogens is 378 g/mol. The summed E-state index contributed by atoms with van der Waals surface area (Å²) < 4.78 is 2.02. The molecule has 9 atom stereocenters. The number of hydrogen-bond donors (Lipinski definition) is 0. The minimum atomic E-state index is 0.486. The molecule has 0 spiro atoms. The molecule has 5 rings (SSSR count). The molecule has 0 radical (unpaired) electrons. The Balaban J connectivity index is 1.37. The van der Waals surface area contributed by atoms with E-state index in [0.717, 1.165) is 36.1 Å². The van der Waals surface area contributed by atoms with Crippen LogP contribution in [-0.2, 0) is 6.54 Å². The smallest absolute Gasteiger partial charge is 0.102 e. The van der Waals surface area contributed by atoms with Crippen LogP contribution in [0.15, 0.2) is 12.4 Å². The number of nitrogens with zero attached hydrogens (tertiary/aromatic N) is 3. The maximum atomic E-state index is 9.14. The molecule has 1 heterocycles. The maximum absolute atomic E-state index is 9.14. The van der Waals surface area contributed by atoms with Gasteiger partial charge in [0.1, 0.15) is 6.07 Å². The number of hydrogen-bond acceptors (Lipinski definition) is 2. The Bertz CT molecular complexity index is 866. The lowest BCUT2D eigenvalue weighted by Gasteiger charge is -2.67. The van der Waals surface area contributed by atoms with Crippen molar-refractivity contribution in [2.45, 2.75) is 99.0 Å². The van der Waals surface area contributed by atoms with Crippen molar-refractivity contribution in [3.8, 4) is 6.07 Å². The summed E-state index contributed by atoms with van der Waals surface area (Å²) >= 11 is 0. The average Bonchev–Trinajstić information content (AvgIpc) is 3.33. The highest BCUT2D eigenvalue weighted by Crippen LogP contribution is 2.73. The van der Waals surface area contributed by atoms with Crippen molar-refractivity contribution in [2.75, 3.05) is 0 Å². The standard InChI is InChI=1S/C28H43N3/c1-19-10-11-27(4)22(14-19)6-7-25-24-9-8-23(26(24,3)12-13-28(25,27)5)20(2)17-31-18-21(15-29)16-30-31/h16,18-20,22-25H,6-14,17H2,1-5H3/t19-,20-,22+,23+,24-,25-,26+,27-,28-/m0/s1. The summed E-state index contributed by atoms with van der Waals surface area (Å²) in [6.07, 6.45) is 16.7. The van der Waals surface area contributed by atoms with Gasteiger partial charge in [-0.2, -0.15) is 10.4 Å². The Hall–Kier alpha value is -1.30. The van der Waals surface area contributed by atoms with Gasteiger partial charge in [0.2, 0.25) is 0 Å². The van der Waals surface area contributed by atoms with Gasteiger partial charge >= 0.3 is 0 Å². The molecule has 4 aliphatic rings. The molecule has 4 aliphatic carbocycles. The number of rotatable bonds is 3. The summed E-state index contributed by atoms with van der Waals surface area (Å²) in [5.41, 5.74) is 2.28. The van der Waals surface area contributed by atoms with Gasteiger partial charge < -0.3 is 0 Å². The fraction of sp³-hybridized carbons (Fsp3) is 0.857. The van der Waals surface area contributed by atoms with E-state index in [1.54, 1.807) is 6.20 Å². The zero-order valence-electron chi connectivity index (χ0n) is 20.5. The maximum Gasteiger partial charge on any atom is 0.102 e. The number of fused-ring (bicyclic) bond motifs is 5. The van der Waals surface area contributed by atoms with Gasteiger partial charge in [0.05, 0.1) is 11.8 Å². The van der Waals surface area contributed by atoms with Gasteiger partial charge in [0.15, 0.2) is 0 Å². The fourth-order valence-electron chi connectivity index (χ4n) is 9.77. The van der Waals surface area contributed by atoms with Crippen molar-refractivity contribution in [3.63, 3.8) is 0 Å². The molecule has 0 amide bonds. The van der Waals surface area contributed by atoms with Gasteiger partial charge in [0.25, 0.3) is 0 Å². The van der Waals surface area contributed by atoms with Gasteiger partial charge in [-0.05, 0) is 103 Å². The van der Waals surface area contributed by atoms with Crippen LogP contribution >= 0.6 is 0 Å². The molecule has 0 aliphatic heterocycles. The second-order valence-electron chi connectivity index (χ2n) is 12.9. The van der Waals surface area contributed by atoms with E-state index >= 15 is 0 Å². The summed E-state index contributed by atoms with van der Waals surface area (Å²) in [4.78, 5) is 0. The van der Waals surface area contributed by atoms with Crippen molar-refractivity contribution in [1.82, 2.24) is 9.78 Å². The van der Waals surface area contributed by atoms with E-state index in [2.05, 4.69) is 45.8 Å². The average molecular weight is 422 g/mol. The number of aromatic nitrogens is 2. The van der Waals surface area contributed by atoms with Crippen LogP contribution in [0.4, 0.5) is 0 Å². The van der Waals surface area contributed by atoms with Gasteiger partial charge in [-0.25, -0.2) is 0 Å². The van der Waals surface area contributed by atoms with Crippen LogP contribution in [0.25, 0.3) is 0 Å². The lowest BCUT2D eigenvalue weighted by Crippen LogP contribution is -2.59. The van der Waals surface area contributed by atoms with Crippen molar-refractivity contribution >= 4 is 0 Å². The molecule has 0 bridgehead atoms. The van der Waals surface area contributed by atoms with E-state index < -0.39 is 0 Å². The first-order valence-corrected chi connectivity index (χ1v) is 13.1. The van der Waals surface area contributed by atoms with E-state index in [-0.39, 0.29) is 0 Å². The van der Waals surface area contributed by atoms with Crippen LogP contribution in [0.2, 0.25) is 0 Å². The third-order valence-corrected chi connectivity index (χ3v) is 11.8. The van der Waals surface area contributed by atoms with Crippen LogP contribution in [0.5, 0.6) is 0 Å². The Morgan fingerprint density at radius 3 is 2.58 bits per heavy atom.